The Morgan fingerprint density at radius 1 is 1.56 bits per heavy atom. The Bertz CT molecular complexity index is 468. The molecule has 1 rings (SSSR count). The van der Waals surface area contributed by atoms with E-state index in [0.29, 0.717) is 12.8 Å². The van der Waals surface area contributed by atoms with Gasteiger partial charge in [0.05, 0.1) is 0 Å². The minimum absolute atomic E-state index is 0.0379. The zero-order valence-corrected chi connectivity index (χ0v) is 9.67. The second-order valence-electron chi connectivity index (χ2n) is 3.67. The number of nitrogens with zero attached hydrogens (tertiary/aromatic N) is 1. The van der Waals surface area contributed by atoms with Crippen molar-refractivity contribution < 1.29 is 19.6 Å². The number of carbonyl (C=O) groups excluding carboxylic acids is 1. The van der Waals surface area contributed by atoms with Crippen molar-refractivity contribution in [1.29, 1.82) is 0 Å². The number of amides is 1. The number of aromatic nitrogens is 1. The Kier molecular flexibility index (Phi) is 4.41. The molecule has 0 aliphatic rings. The van der Waals surface area contributed by atoms with Crippen LogP contribution in [-0.2, 0) is 4.79 Å². The van der Waals surface area contributed by atoms with Gasteiger partial charge in [-0.2, -0.15) is 0 Å². The third-order valence-electron chi connectivity index (χ3n) is 2.29. The number of H-pyrrole nitrogens is 1. The van der Waals surface area contributed by atoms with Gasteiger partial charge in [-0.15, -0.1) is 0 Å². The van der Waals surface area contributed by atoms with Crippen molar-refractivity contribution in [3.63, 3.8) is 0 Å². The van der Waals surface area contributed by atoms with Gasteiger partial charge in [-0.1, -0.05) is 13.3 Å². The van der Waals surface area contributed by atoms with Crippen molar-refractivity contribution >= 4 is 17.7 Å². The monoisotopic (exact) mass is 255 g/mol. The van der Waals surface area contributed by atoms with Crippen LogP contribution in [0.5, 0.6) is 0 Å². The van der Waals surface area contributed by atoms with Crippen molar-refractivity contribution in [2.45, 2.75) is 25.8 Å². The number of nitro groups is 1. The van der Waals surface area contributed by atoms with Crippen molar-refractivity contribution in [2.24, 2.45) is 0 Å². The average molecular weight is 255 g/mol. The number of carboxylic acid groups (broad SMARTS) is 1. The summed E-state index contributed by atoms with van der Waals surface area (Å²) in [6.45, 7) is 1.79. The van der Waals surface area contributed by atoms with Crippen molar-refractivity contribution in [3.05, 3.63) is 27.9 Å². The maximum absolute atomic E-state index is 11.6. The Morgan fingerprint density at radius 3 is 2.67 bits per heavy atom. The number of hydrogen-bond donors (Lipinski definition) is 3. The van der Waals surface area contributed by atoms with E-state index in [0.717, 1.165) is 6.07 Å². The van der Waals surface area contributed by atoms with Crippen LogP contribution in [0.2, 0.25) is 0 Å². The lowest BCUT2D eigenvalue weighted by Crippen LogP contribution is -2.40. The predicted molar refractivity (Wildman–Crippen MR) is 61.2 cm³/mol. The number of rotatable bonds is 6. The molecule has 0 saturated carbocycles. The molecule has 8 heteroatoms. The van der Waals surface area contributed by atoms with E-state index in [-0.39, 0.29) is 11.5 Å². The Balaban J connectivity index is 2.74. The topological polar surface area (TPSA) is 125 Å². The smallest absolute Gasteiger partial charge is 0.326 e. The summed E-state index contributed by atoms with van der Waals surface area (Å²) in [7, 11) is 0. The first-order valence-corrected chi connectivity index (χ1v) is 5.32. The molecule has 0 spiro atoms. The number of carbonyl (C=O) groups is 2. The molecule has 8 nitrogen and oxygen atoms in total. The average Bonchev–Trinajstić information content (AvgIpc) is 2.77. The number of hydrogen-bond acceptors (Lipinski definition) is 4. The van der Waals surface area contributed by atoms with Crippen LogP contribution in [0.4, 0.5) is 5.82 Å². The normalized spacial score (nSPS) is 11.8. The Hall–Kier alpha value is -2.38. The molecular formula is C10H13N3O5. The van der Waals surface area contributed by atoms with Crippen LogP contribution in [0.1, 0.15) is 30.3 Å². The summed E-state index contributed by atoms with van der Waals surface area (Å²) < 4.78 is 0. The maximum atomic E-state index is 11.6. The lowest BCUT2D eigenvalue weighted by molar-refractivity contribution is -0.389. The highest BCUT2D eigenvalue weighted by atomic mass is 16.6. The van der Waals surface area contributed by atoms with E-state index < -0.39 is 22.8 Å². The molecule has 1 unspecified atom stereocenters. The van der Waals surface area contributed by atoms with Gasteiger partial charge in [0.25, 0.3) is 5.91 Å². The van der Waals surface area contributed by atoms with Crippen LogP contribution < -0.4 is 5.32 Å². The van der Waals surface area contributed by atoms with E-state index in [1.807, 2.05) is 0 Å². The van der Waals surface area contributed by atoms with Crippen LogP contribution in [0, 0.1) is 10.1 Å². The van der Waals surface area contributed by atoms with Gasteiger partial charge in [0.15, 0.2) is 5.69 Å². The molecule has 98 valence electrons. The first kappa shape index (κ1) is 13.7. The standard InChI is InChI=1S/C10H13N3O5/c1-2-3-7(10(15)16)12-9(14)6-4-5-8(11-6)13(17)18/h4-5,7,11H,2-3H2,1H3,(H,12,14)(H,15,16). The van der Waals surface area contributed by atoms with Gasteiger partial charge >= 0.3 is 11.8 Å². The van der Waals surface area contributed by atoms with Crippen LogP contribution in [0.3, 0.4) is 0 Å². The molecule has 0 bridgehead atoms. The molecule has 0 aliphatic heterocycles. The molecule has 0 radical (unpaired) electrons. The summed E-state index contributed by atoms with van der Waals surface area (Å²) in [5.41, 5.74) is -0.0379. The first-order valence-electron chi connectivity index (χ1n) is 5.32. The lowest BCUT2D eigenvalue weighted by Gasteiger charge is -2.11. The zero-order chi connectivity index (χ0) is 13.7. The highest BCUT2D eigenvalue weighted by molar-refractivity contribution is 5.95. The molecule has 0 aliphatic carbocycles. The van der Waals surface area contributed by atoms with Gasteiger partial charge in [0, 0.05) is 6.07 Å². The minimum Gasteiger partial charge on any atom is -0.480 e. The van der Waals surface area contributed by atoms with Crippen molar-refractivity contribution in [1.82, 2.24) is 10.3 Å². The van der Waals surface area contributed by atoms with E-state index >= 15 is 0 Å². The van der Waals surface area contributed by atoms with Gasteiger partial charge < -0.3 is 20.5 Å². The fraction of sp³-hybridized carbons (Fsp3) is 0.400. The SMILES string of the molecule is CCCC(NC(=O)c1ccc([N+](=O)[O-])[nH]1)C(=O)O. The van der Waals surface area contributed by atoms with Gasteiger partial charge in [-0.3, -0.25) is 4.79 Å². The van der Waals surface area contributed by atoms with E-state index in [2.05, 4.69) is 10.3 Å². The molecule has 1 heterocycles. The largest absolute Gasteiger partial charge is 0.480 e. The minimum atomic E-state index is -1.13. The maximum Gasteiger partial charge on any atom is 0.326 e. The molecule has 0 saturated heterocycles. The van der Waals surface area contributed by atoms with Gasteiger partial charge in [0.1, 0.15) is 6.04 Å². The van der Waals surface area contributed by atoms with Crippen LogP contribution in [0.25, 0.3) is 0 Å². The molecule has 1 aromatic heterocycles. The second-order valence-corrected chi connectivity index (χ2v) is 3.67. The number of nitrogens with one attached hydrogen (secondary N) is 2. The van der Waals surface area contributed by atoms with E-state index in [1.165, 1.54) is 6.07 Å². The van der Waals surface area contributed by atoms with Gasteiger partial charge in [-0.25, -0.2) is 9.78 Å². The Labute approximate surface area is 102 Å². The van der Waals surface area contributed by atoms with Crippen LogP contribution in [0.15, 0.2) is 12.1 Å². The molecule has 1 amide bonds. The number of aromatic amines is 1. The summed E-state index contributed by atoms with van der Waals surface area (Å²) in [4.78, 5) is 34.5. The van der Waals surface area contributed by atoms with Crippen molar-refractivity contribution in [3.8, 4) is 0 Å². The van der Waals surface area contributed by atoms with Gasteiger partial charge in [0.2, 0.25) is 0 Å². The predicted octanol–water partition coefficient (Wildman–Crippen LogP) is 0.906. The zero-order valence-electron chi connectivity index (χ0n) is 9.67. The lowest BCUT2D eigenvalue weighted by atomic mass is 10.1. The second kappa shape index (κ2) is 5.80. The molecule has 0 aromatic carbocycles. The fourth-order valence-corrected chi connectivity index (χ4v) is 1.40. The summed E-state index contributed by atoms with van der Waals surface area (Å²) >= 11 is 0. The summed E-state index contributed by atoms with van der Waals surface area (Å²) in [5, 5.41) is 21.6. The molecular weight excluding hydrogens is 242 g/mol. The number of aliphatic carboxylic acids is 1. The van der Waals surface area contributed by atoms with E-state index in [4.69, 9.17) is 5.11 Å². The number of carboxylic acids is 1. The molecule has 0 fully saturated rings. The fourth-order valence-electron chi connectivity index (χ4n) is 1.40. The van der Waals surface area contributed by atoms with Gasteiger partial charge in [-0.05, 0) is 17.4 Å². The molecule has 1 aromatic rings. The third kappa shape index (κ3) is 3.30. The summed E-state index contributed by atoms with van der Waals surface area (Å²) in [5.74, 6) is -2.13. The van der Waals surface area contributed by atoms with Crippen LogP contribution >= 0.6 is 0 Å². The highest BCUT2D eigenvalue weighted by Gasteiger charge is 2.22. The summed E-state index contributed by atoms with van der Waals surface area (Å²) in [6.07, 6.45) is 0.895. The molecule has 18 heavy (non-hydrogen) atoms. The first-order chi connectivity index (χ1) is 8.45. The van der Waals surface area contributed by atoms with Crippen molar-refractivity contribution in [2.75, 3.05) is 0 Å². The molecule has 3 N–H and O–H groups in total. The van der Waals surface area contributed by atoms with Crippen LogP contribution in [-0.4, -0.2) is 32.9 Å². The van der Waals surface area contributed by atoms with E-state index in [9.17, 15) is 19.7 Å². The highest BCUT2D eigenvalue weighted by Crippen LogP contribution is 2.10. The Morgan fingerprint density at radius 2 is 2.22 bits per heavy atom. The van der Waals surface area contributed by atoms with E-state index in [1.54, 1.807) is 6.92 Å². The third-order valence-corrected chi connectivity index (χ3v) is 2.29. The quantitative estimate of drug-likeness (QED) is 0.514. The molecule has 1 atom stereocenters. The summed E-state index contributed by atoms with van der Waals surface area (Å²) in [6, 6.07) is 1.38.